The molecular formula is C22H27FN4O6S. The smallest absolute Gasteiger partial charge is 0.243 e. The van der Waals surface area contributed by atoms with Gasteiger partial charge in [0.2, 0.25) is 15.9 Å². The van der Waals surface area contributed by atoms with Gasteiger partial charge in [-0.05, 0) is 43.2 Å². The lowest BCUT2D eigenvalue weighted by Crippen LogP contribution is -2.57. The van der Waals surface area contributed by atoms with Crippen molar-refractivity contribution < 1.29 is 32.2 Å². The Morgan fingerprint density at radius 3 is 2.74 bits per heavy atom. The number of carbonyl (C=O) groups excluding carboxylic acids is 1. The molecule has 2 saturated heterocycles. The van der Waals surface area contributed by atoms with E-state index in [1.165, 1.54) is 22.8 Å². The summed E-state index contributed by atoms with van der Waals surface area (Å²) in [5.74, 6) is -0.750. The number of fused-ring (bicyclic) bond motifs is 1. The van der Waals surface area contributed by atoms with Crippen molar-refractivity contribution in [1.82, 2.24) is 19.6 Å². The molecule has 12 heteroatoms. The molecule has 1 amide bonds. The summed E-state index contributed by atoms with van der Waals surface area (Å²) in [6.45, 7) is 0.126. The fourth-order valence-electron chi connectivity index (χ4n) is 4.20. The Labute approximate surface area is 197 Å². The van der Waals surface area contributed by atoms with E-state index in [-0.39, 0.29) is 43.5 Å². The number of nitrogens with zero attached hydrogens (tertiary/aromatic N) is 3. The largest absolute Gasteiger partial charge is 0.389 e. The Hall–Kier alpha value is -2.51. The quantitative estimate of drug-likeness (QED) is 0.598. The number of ether oxygens (including phenoxy) is 2. The first-order valence-corrected chi connectivity index (χ1v) is 12.5. The second-order valence-corrected chi connectivity index (χ2v) is 10.2. The van der Waals surface area contributed by atoms with Gasteiger partial charge in [-0.25, -0.2) is 22.8 Å². The molecule has 1 aromatic heterocycles. The van der Waals surface area contributed by atoms with Crippen molar-refractivity contribution in [2.75, 3.05) is 19.8 Å². The standard InChI is InChI=1S/C22H27FN4O6S/c23-15-1-4-19(5-2-15)34(30,31)27-11-17(28)12-32-13-21-20(27)6-3-18(33-21)9-22(29)25-10-16-7-8-24-14-26-16/h1-2,4-5,7-8,14,17-18,20-21,28H,3,6,9-13H2,(H,25,29)/t17-,18-,20+,21-/m0/s1. The minimum atomic E-state index is -4.02. The van der Waals surface area contributed by atoms with Gasteiger partial charge in [0.15, 0.2) is 0 Å². The second kappa shape index (κ2) is 10.8. The van der Waals surface area contributed by atoms with Gasteiger partial charge in [0, 0.05) is 12.7 Å². The summed E-state index contributed by atoms with van der Waals surface area (Å²) in [6, 6.07) is 5.69. The zero-order valence-corrected chi connectivity index (χ0v) is 19.2. The number of aliphatic hydroxyl groups excluding tert-OH is 1. The molecule has 184 valence electrons. The molecule has 34 heavy (non-hydrogen) atoms. The third kappa shape index (κ3) is 5.94. The molecule has 4 rings (SSSR count). The van der Waals surface area contributed by atoms with Crippen LogP contribution in [0.5, 0.6) is 0 Å². The average Bonchev–Trinajstić information content (AvgIpc) is 2.81. The molecule has 4 atom stereocenters. The van der Waals surface area contributed by atoms with Crippen LogP contribution in [-0.4, -0.2) is 77.8 Å². The molecule has 2 N–H and O–H groups in total. The predicted octanol–water partition coefficient (Wildman–Crippen LogP) is 0.620. The maximum absolute atomic E-state index is 13.4. The first-order chi connectivity index (χ1) is 16.3. The van der Waals surface area contributed by atoms with Crippen LogP contribution >= 0.6 is 0 Å². The maximum atomic E-state index is 13.4. The third-order valence-electron chi connectivity index (χ3n) is 5.88. The summed E-state index contributed by atoms with van der Waals surface area (Å²) in [4.78, 5) is 20.2. The van der Waals surface area contributed by atoms with Crippen molar-refractivity contribution in [3.63, 3.8) is 0 Å². The Kier molecular flexibility index (Phi) is 7.84. The van der Waals surface area contributed by atoms with Gasteiger partial charge in [0.1, 0.15) is 12.1 Å². The van der Waals surface area contributed by atoms with Crippen molar-refractivity contribution in [2.45, 2.75) is 55.1 Å². The molecule has 2 aliphatic rings. The molecule has 1 aromatic carbocycles. The number of aromatic nitrogens is 2. The molecule has 0 saturated carbocycles. The van der Waals surface area contributed by atoms with E-state index in [2.05, 4.69) is 15.3 Å². The van der Waals surface area contributed by atoms with Gasteiger partial charge in [-0.2, -0.15) is 4.31 Å². The van der Waals surface area contributed by atoms with E-state index in [4.69, 9.17) is 9.47 Å². The zero-order chi connectivity index (χ0) is 24.1. The van der Waals surface area contributed by atoms with Crippen LogP contribution in [0.15, 0.2) is 47.8 Å². The third-order valence-corrected chi connectivity index (χ3v) is 7.78. The molecule has 3 heterocycles. The van der Waals surface area contributed by atoms with Gasteiger partial charge >= 0.3 is 0 Å². The number of rotatable bonds is 6. The number of hydrogen-bond donors (Lipinski definition) is 2. The van der Waals surface area contributed by atoms with Gasteiger partial charge in [-0.1, -0.05) is 0 Å². The molecule has 2 aliphatic heterocycles. The summed E-state index contributed by atoms with van der Waals surface area (Å²) < 4.78 is 52.9. The van der Waals surface area contributed by atoms with E-state index in [1.807, 2.05) is 0 Å². The van der Waals surface area contributed by atoms with E-state index in [0.717, 1.165) is 12.1 Å². The number of aliphatic hydroxyl groups is 1. The van der Waals surface area contributed by atoms with Crippen LogP contribution in [0.4, 0.5) is 4.39 Å². The first-order valence-electron chi connectivity index (χ1n) is 11.0. The van der Waals surface area contributed by atoms with E-state index in [0.29, 0.717) is 18.5 Å². The average molecular weight is 495 g/mol. The van der Waals surface area contributed by atoms with E-state index >= 15 is 0 Å². The van der Waals surface area contributed by atoms with Crippen molar-refractivity contribution in [2.24, 2.45) is 0 Å². The second-order valence-electron chi connectivity index (χ2n) is 8.34. The van der Waals surface area contributed by atoms with Gasteiger partial charge in [0.05, 0.1) is 61.1 Å². The SMILES string of the molecule is O=C(C[C@@H]1CC[C@@H]2[C@H](COC[C@@H](O)CN2S(=O)(=O)c2ccc(F)cc2)O1)NCc1ccncn1. The van der Waals surface area contributed by atoms with E-state index < -0.39 is 40.2 Å². The highest BCUT2D eigenvalue weighted by Crippen LogP contribution is 2.31. The Bertz CT molecular complexity index is 1070. The van der Waals surface area contributed by atoms with Crippen LogP contribution < -0.4 is 5.32 Å². The number of amides is 1. The fraction of sp³-hybridized carbons (Fsp3) is 0.500. The number of nitrogens with one attached hydrogen (secondary N) is 1. The van der Waals surface area contributed by atoms with Gasteiger partial charge in [-0.15, -0.1) is 0 Å². The fourth-order valence-corrected chi connectivity index (χ4v) is 5.92. The summed E-state index contributed by atoms with van der Waals surface area (Å²) in [6.07, 6.45) is 1.95. The molecular weight excluding hydrogens is 467 g/mol. The van der Waals surface area contributed by atoms with Gasteiger partial charge in [0.25, 0.3) is 0 Å². The molecule has 0 aliphatic carbocycles. The lowest BCUT2D eigenvalue weighted by molar-refractivity contribution is -0.146. The molecule has 0 radical (unpaired) electrons. The van der Waals surface area contributed by atoms with Crippen molar-refractivity contribution >= 4 is 15.9 Å². The highest BCUT2D eigenvalue weighted by atomic mass is 32.2. The number of halogens is 1. The minimum Gasteiger partial charge on any atom is -0.389 e. The maximum Gasteiger partial charge on any atom is 0.243 e. The van der Waals surface area contributed by atoms with E-state index in [9.17, 15) is 22.7 Å². The van der Waals surface area contributed by atoms with Crippen molar-refractivity contribution in [3.8, 4) is 0 Å². The minimum absolute atomic E-state index is 0.0495. The van der Waals surface area contributed by atoms with Crippen LogP contribution in [0.2, 0.25) is 0 Å². The highest BCUT2D eigenvalue weighted by molar-refractivity contribution is 7.89. The van der Waals surface area contributed by atoms with Crippen LogP contribution in [0.3, 0.4) is 0 Å². The lowest BCUT2D eigenvalue weighted by atomic mass is 9.96. The van der Waals surface area contributed by atoms with E-state index in [1.54, 1.807) is 12.3 Å². The number of β-amino-alcohol motifs (C(OH)–C–C–N with tert-alkyl or cyclic N) is 1. The molecule has 10 nitrogen and oxygen atoms in total. The molecule has 2 aromatic rings. The summed E-state index contributed by atoms with van der Waals surface area (Å²) in [7, 11) is -4.02. The normalized spacial score (nSPS) is 26.2. The van der Waals surface area contributed by atoms with Crippen LogP contribution in [0, 0.1) is 5.82 Å². The van der Waals surface area contributed by atoms with Crippen molar-refractivity contribution in [1.29, 1.82) is 0 Å². The Morgan fingerprint density at radius 2 is 2.00 bits per heavy atom. The van der Waals surface area contributed by atoms with Crippen LogP contribution in [0.1, 0.15) is 25.0 Å². The van der Waals surface area contributed by atoms with Gasteiger partial charge < -0.3 is 19.9 Å². The summed E-state index contributed by atoms with van der Waals surface area (Å²) in [5.41, 5.74) is 0.682. The number of benzene rings is 1. The highest BCUT2D eigenvalue weighted by Gasteiger charge is 2.43. The topological polar surface area (TPSA) is 131 Å². The molecule has 0 unspecified atom stereocenters. The molecule has 0 bridgehead atoms. The molecule has 0 spiro atoms. The lowest BCUT2D eigenvalue weighted by Gasteiger charge is -2.43. The Morgan fingerprint density at radius 1 is 1.21 bits per heavy atom. The van der Waals surface area contributed by atoms with Crippen LogP contribution in [0.25, 0.3) is 0 Å². The van der Waals surface area contributed by atoms with Crippen LogP contribution in [-0.2, 0) is 30.8 Å². The van der Waals surface area contributed by atoms with Gasteiger partial charge in [-0.3, -0.25) is 4.79 Å². The zero-order valence-electron chi connectivity index (χ0n) is 18.4. The summed E-state index contributed by atoms with van der Waals surface area (Å²) >= 11 is 0. The number of carbonyl (C=O) groups is 1. The Balaban J connectivity index is 1.43. The summed E-state index contributed by atoms with van der Waals surface area (Å²) in [5, 5.41) is 13.1. The molecule has 2 fully saturated rings. The monoisotopic (exact) mass is 494 g/mol. The van der Waals surface area contributed by atoms with Crippen molar-refractivity contribution in [3.05, 3.63) is 54.4 Å². The first kappa shape index (κ1) is 24.6. The predicted molar refractivity (Wildman–Crippen MR) is 117 cm³/mol. The number of sulfonamides is 1. The number of hydrogen-bond acceptors (Lipinski definition) is 8.